The van der Waals surface area contributed by atoms with Gasteiger partial charge in [-0.05, 0) is 48.7 Å². The number of sulfone groups is 1. The highest BCUT2D eigenvalue weighted by molar-refractivity contribution is 7.91. The summed E-state index contributed by atoms with van der Waals surface area (Å²) in [5.41, 5.74) is 3.13. The van der Waals surface area contributed by atoms with Crippen LogP contribution in [0, 0.1) is 6.92 Å². The van der Waals surface area contributed by atoms with Crippen molar-refractivity contribution in [3.63, 3.8) is 0 Å². The van der Waals surface area contributed by atoms with Crippen molar-refractivity contribution in [3.8, 4) is 0 Å². The number of carbonyl (C=O) groups is 1. The Bertz CT molecular complexity index is 957. The molecule has 3 rings (SSSR count). The summed E-state index contributed by atoms with van der Waals surface area (Å²) in [6, 6.07) is 14.6. The van der Waals surface area contributed by atoms with Crippen molar-refractivity contribution in [2.75, 3.05) is 45.6 Å². The van der Waals surface area contributed by atoms with E-state index in [0.29, 0.717) is 18.7 Å². The van der Waals surface area contributed by atoms with Crippen LogP contribution < -0.4 is 0 Å². The van der Waals surface area contributed by atoms with Gasteiger partial charge in [0.05, 0.1) is 17.3 Å². The van der Waals surface area contributed by atoms with Gasteiger partial charge in [-0.3, -0.25) is 9.69 Å². The summed E-state index contributed by atoms with van der Waals surface area (Å²) in [5, 5.41) is 0. The number of hydrogen-bond donors (Lipinski definition) is 0. The zero-order valence-electron chi connectivity index (χ0n) is 17.7. The second kappa shape index (κ2) is 10.2. The maximum atomic E-state index is 12.9. The highest BCUT2D eigenvalue weighted by Gasteiger charge is 2.21. The van der Waals surface area contributed by atoms with Crippen LogP contribution in [0.4, 0.5) is 0 Å². The van der Waals surface area contributed by atoms with Crippen molar-refractivity contribution >= 4 is 15.7 Å². The van der Waals surface area contributed by atoms with E-state index in [2.05, 4.69) is 36.1 Å². The van der Waals surface area contributed by atoms with Crippen molar-refractivity contribution in [1.82, 2.24) is 9.80 Å². The van der Waals surface area contributed by atoms with Crippen LogP contribution >= 0.6 is 0 Å². The van der Waals surface area contributed by atoms with Crippen molar-refractivity contribution in [3.05, 3.63) is 65.2 Å². The topological polar surface area (TPSA) is 66.9 Å². The maximum Gasteiger partial charge on any atom is 0.253 e. The molecule has 0 aromatic heterocycles. The molecule has 0 N–H and O–H groups in total. The molecule has 0 atom stereocenters. The summed E-state index contributed by atoms with van der Waals surface area (Å²) in [7, 11) is -1.92. The van der Waals surface area contributed by atoms with Crippen LogP contribution in [0.15, 0.2) is 53.4 Å². The number of benzene rings is 2. The summed E-state index contributed by atoms with van der Waals surface area (Å²) < 4.78 is 29.4. The maximum absolute atomic E-state index is 12.9. The Morgan fingerprint density at radius 2 is 1.73 bits per heavy atom. The van der Waals surface area contributed by atoms with E-state index < -0.39 is 9.84 Å². The number of ether oxygens (including phenoxy) is 1. The zero-order chi connectivity index (χ0) is 21.6. The van der Waals surface area contributed by atoms with Gasteiger partial charge in [0.25, 0.3) is 5.91 Å². The normalized spacial score (nSPS) is 15.7. The van der Waals surface area contributed by atoms with Gasteiger partial charge in [-0.15, -0.1) is 0 Å². The molecule has 1 heterocycles. The van der Waals surface area contributed by atoms with Gasteiger partial charge in [-0.2, -0.15) is 0 Å². The molecule has 1 amide bonds. The minimum atomic E-state index is -3.39. The molecule has 1 saturated heterocycles. The molecule has 1 fully saturated rings. The number of rotatable bonds is 7. The predicted molar refractivity (Wildman–Crippen MR) is 117 cm³/mol. The standard InChI is InChI=1S/C23H30N2O4S/c1-19-6-3-4-7-21(19)18-24-12-5-13-25(15-14-24)23(26)20-8-10-22(11-9-20)30(27,28)17-16-29-2/h3-4,6-11H,5,12-18H2,1-2H3. The van der Waals surface area contributed by atoms with E-state index in [1.54, 1.807) is 12.1 Å². The van der Waals surface area contributed by atoms with Crippen LogP contribution in [-0.4, -0.2) is 69.8 Å². The molecule has 0 radical (unpaired) electrons. The summed E-state index contributed by atoms with van der Waals surface area (Å²) in [5.74, 6) is -0.117. The number of nitrogens with zero attached hydrogens (tertiary/aromatic N) is 2. The van der Waals surface area contributed by atoms with Gasteiger partial charge in [-0.25, -0.2) is 8.42 Å². The van der Waals surface area contributed by atoms with Gasteiger partial charge in [-0.1, -0.05) is 24.3 Å². The molecular formula is C23H30N2O4S. The van der Waals surface area contributed by atoms with Crippen LogP contribution in [0.2, 0.25) is 0 Å². The molecule has 0 spiro atoms. The second-order valence-corrected chi connectivity index (χ2v) is 9.79. The van der Waals surface area contributed by atoms with Gasteiger partial charge in [0, 0.05) is 45.4 Å². The highest BCUT2D eigenvalue weighted by atomic mass is 32.2. The molecule has 0 saturated carbocycles. The lowest BCUT2D eigenvalue weighted by Gasteiger charge is -2.22. The Morgan fingerprint density at radius 3 is 2.43 bits per heavy atom. The zero-order valence-corrected chi connectivity index (χ0v) is 18.5. The Labute approximate surface area is 179 Å². The van der Waals surface area contributed by atoms with Gasteiger partial charge in [0.2, 0.25) is 0 Å². The van der Waals surface area contributed by atoms with Gasteiger partial charge in [0.1, 0.15) is 0 Å². The summed E-state index contributed by atoms with van der Waals surface area (Å²) in [6.45, 7) is 6.31. The number of amides is 1. The lowest BCUT2D eigenvalue weighted by atomic mass is 10.1. The fraction of sp³-hybridized carbons (Fsp3) is 0.435. The highest BCUT2D eigenvalue weighted by Crippen LogP contribution is 2.17. The third kappa shape index (κ3) is 5.68. The average Bonchev–Trinajstić information content (AvgIpc) is 2.99. The van der Waals surface area contributed by atoms with Gasteiger partial charge < -0.3 is 9.64 Å². The summed E-state index contributed by atoms with van der Waals surface area (Å²) >= 11 is 0. The first-order valence-electron chi connectivity index (χ1n) is 10.3. The molecule has 162 valence electrons. The van der Waals surface area contributed by atoms with Gasteiger partial charge >= 0.3 is 0 Å². The molecular weight excluding hydrogens is 400 g/mol. The lowest BCUT2D eigenvalue weighted by molar-refractivity contribution is 0.0761. The van der Waals surface area contributed by atoms with E-state index in [9.17, 15) is 13.2 Å². The number of carbonyl (C=O) groups excluding carboxylic acids is 1. The molecule has 0 bridgehead atoms. The smallest absolute Gasteiger partial charge is 0.253 e. The minimum absolute atomic E-state index is 0.0476. The molecule has 7 heteroatoms. The van der Waals surface area contributed by atoms with Crippen LogP contribution in [0.5, 0.6) is 0 Å². The average molecular weight is 431 g/mol. The first kappa shape index (κ1) is 22.5. The van der Waals surface area contributed by atoms with E-state index in [-0.39, 0.29) is 23.2 Å². The molecule has 1 aliphatic heterocycles. The third-order valence-electron chi connectivity index (χ3n) is 5.55. The molecule has 0 unspecified atom stereocenters. The van der Waals surface area contributed by atoms with E-state index >= 15 is 0 Å². The Balaban J connectivity index is 1.61. The molecule has 0 aliphatic carbocycles. The van der Waals surface area contributed by atoms with Crippen LogP contribution in [0.25, 0.3) is 0 Å². The second-order valence-electron chi connectivity index (χ2n) is 7.68. The Morgan fingerprint density at radius 1 is 1.00 bits per heavy atom. The monoisotopic (exact) mass is 430 g/mol. The first-order chi connectivity index (χ1) is 14.4. The minimum Gasteiger partial charge on any atom is -0.384 e. The van der Waals surface area contributed by atoms with Gasteiger partial charge in [0.15, 0.2) is 9.84 Å². The molecule has 6 nitrogen and oxygen atoms in total. The molecule has 2 aromatic rings. The fourth-order valence-corrected chi connectivity index (χ4v) is 4.83. The lowest BCUT2D eigenvalue weighted by Crippen LogP contribution is -2.35. The fourth-order valence-electron chi connectivity index (χ4n) is 3.66. The Hall–Kier alpha value is -2.22. The van der Waals surface area contributed by atoms with E-state index in [1.807, 2.05) is 4.90 Å². The molecule has 2 aromatic carbocycles. The first-order valence-corrected chi connectivity index (χ1v) is 11.9. The quantitative estimate of drug-likeness (QED) is 0.676. The summed E-state index contributed by atoms with van der Waals surface area (Å²) in [6.07, 6.45) is 0.918. The van der Waals surface area contributed by atoms with E-state index in [4.69, 9.17) is 4.74 Å². The van der Waals surface area contributed by atoms with Crippen molar-refractivity contribution in [2.45, 2.75) is 24.8 Å². The van der Waals surface area contributed by atoms with Crippen molar-refractivity contribution in [1.29, 1.82) is 0 Å². The molecule has 1 aliphatic rings. The number of aryl methyl sites for hydroxylation is 1. The van der Waals surface area contributed by atoms with E-state index in [1.165, 1.54) is 30.4 Å². The predicted octanol–water partition coefficient (Wildman–Crippen LogP) is 2.76. The Kier molecular flexibility index (Phi) is 7.64. The summed E-state index contributed by atoms with van der Waals surface area (Å²) in [4.78, 5) is 17.4. The number of hydrogen-bond acceptors (Lipinski definition) is 5. The number of methoxy groups -OCH3 is 1. The van der Waals surface area contributed by atoms with Crippen LogP contribution in [-0.2, 0) is 21.1 Å². The molecule has 30 heavy (non-hydrogen) atoms. The van der Waals surface area contributed by atoms with Crippen LogP contribution in [0.1, 0.15) is 27.9 Å². The van der Waals surface area contributed by atoms with E-state index in [0.717, 1.165) is 26.1 Å². The third-order valence-corrected chi connectivity index (χ3v) is 7.24. The van der Waals surface area contributed by atoms with Crippen molar-refractivity contribution in [2.24, 2.45) is 0 Å². The largest absolute Gasteiger partial charge is 0.384 e. The SMILES string of the molecule is COCCS(=O)(=O)c1ccc(C(=O)N2CCCN(Cc3ccccc3C)CC2)cc1. The van der Waals surface area contributed by atoms with Crippen LogP contribution in [0.3, 0.4) is 0 Å². The van der Waals surface area contributed by atoms with Crippen molar-refractivity contribution < 1.29 is 17.9 Å².